The minimum atomic E-state index is -0.354. The summed E-state index contributed by atoms with van der Waals surface area (Å²) in [5.41, 5.74) is 5.61. The van der Waals surface area contributed by atoms with Crippen LogP contribution in [0.2, 0.25) is 0 Å². The van der Waals surface area contributed by atoms with Gasteiger partial charge in [0.25, 0.3) is 0 Å². The number of nitrogens with two attached hydrogens (primary N) is 1. The van der Waals surface area contributed by atoms with Gasteiger partial charge in [0.1, 0.15) is 0 Å². The predicted octanol–water partition coefficient (Wildman–Crippen LogP) is 1.27. The van der Waals surface area contributed by atoms with Crippen LogP contribution in [-0.4, -0.2) is 18.0 Å². The lowest BCUT2D eigenvalue weighted by molar-refractivity contribution is -0.123. The lowest BCUT2D eigenvalue weighted by atomic mass is 10.0. The molecule has 0 heterocycles. The van der Waals surface area contributed by atoms with Gasteiger partial charge < -0.3 is 11.1 Å². The van der Waals surface area contributed by atoms with E-state index in [1.54, 1.807) is 0 Å². The van der Waals surface area contributed by atoms with Gasteiger partial charge in [0.05, 0.1) is 6.04 Å². The van der Waals surface area contributed by atoms with E-state index in [9.17, 15) is 4.79 Å². The Kier molecular flexibility index (Phi) is 5.71. The van der Waals surface area contributed by atoms with Crippen molar-refractivity contribution in [2.45, 2.75) is 52.6 Å². The van der Waals surface area contributed by atoms with Crippen LogP contribution < -0.4 is 11.1 Å². The highest BCUT2D eigenvalue weighted by atomic mass is 16.2. The van der Waals surface area contributed by atoms with Crippen molar-refractivity contribution < 1.29 is 4.79 Å². The third kappa shape index (κ3) is 4.27. The molecule has 3 heteroatoms. The highest BCUT2D eigenvalue weighted by Crippen LogP contribution is 2.05. The Morgan fingerprint density at radius 2 is 1.85 bits per heavy atom. The Morgan fingerprint density at radius 1 is 1.31 bits per heavy atom. The number of hydrogen-bond acceptors (Lipinski definition) is 2. The van der Waals surface area contributed by atoms with Gasteiger partial charge in [0.2, 0.25) is 5.91 Å². The van der Waals surface area contributed by atoms with Gasteiger partial charge in [-0.2, -0.15) is 0 Å². The number of amides is 1. The summed E-state index contributed by atoms with van der Waals surface area (Å²) >= 11 is 0. The molecule has 0 bridgehead atoms. The van der Waals surface area contributed by atoms with Crippen molar-refractivity contribution in [2.75, 3.05) is 0 Å². The topological polar surface area (TPSA) is 55.1 Å². The molecular formula is C10H22N2O. The molecule has 0 saturated carbocycles. The molecule has 1 amide bonds. The molecular weight excluding hydrogens is 164 g/mol. The summed E-state index contributed by atoms with van der Waals surface area (Å²) < 4.78 is 0. The van der Waals surface area contributed by atoms with Crippen LogP contribution in [0.15, 0.2) is 0 Å². The highest BCUT2D eigenvalue weighted by molar-refractivity contribution is 5.81. The second-order valence-corrected chi connectivity index (χ2v) is 3.78. The monoisotopic (exact) mass is 186 g/mol. The fourth-order valence-electron chi connectivity index (χ4n) is 1.22. The van der Waals surface area contributed by atoms with Crippen molar-refractivity contribution in [3.63, 3.8) is 0 Å². The average molecular weight is 186 g/mol. The Hall–Kier alpha value is -0.570. The Labute approximate surface area is 81.1 Å². The van der Waals surface area contributed by atoms with Gasteiger partial charge in [0.15, 0.2) is 0 Å². The zero-order valence-electron chi connectivity index (χ0n) is 9.13. The van der Waals surface area contributed by atoms with Crippen molar-refractivity contribution in [1.29, 1.82) is 0 Å². The fourth-order valence-corrected chi connectivity index (χ4v) is 1.22. The van der Waals surface area contributed by atoms with Gasteiger partial charge in [0, 0.05) is 6.04 Å². The first kappa shape index (κ1) is 12.4. The SMILES string of the molecule is CCC(NC(=O)[C@@H](N)CC)C(C)C. The zero-order chi connectivity index (χ0) is 10.4. The summed E-state index contributed by atoms with van der Waals surface area (Å²) in [5.74, 6) is 0.445. The maximum atomic E-state index is 11.4. The van der Waals surface area contributed by atoms with E-state index >= 15 is 0 Å². The second kappa shape index (κ2) is 5.97. The van der Waals surface area contributed by atoms with Gasteiger partial charge in [-0.3, -0.25) is 4.79 Å². The standard InChI is InChI=1S/C10H22N2O/c1-5-8(11)10(13)12-9(6-2)7(3)4/h7-9H,5-6,11H2,1-4H3,(H,12,13)/t8-,9?/m0/s1. The first-order valence-corrected chi connectivity index (χ1v) is 5.08. The summed E-state index contributed by atoms with van der Waals surface area (Å²) in [4.78, 5) is 11.4. The van der Waals surface area contributed by atoms with Crippen molar-refractivity contribution in [3.05, 3.63) is 0 Å². The quantitative estimate of drug-likeness (QED) is 0.679. The van der Waals surface area contributed by atoms with Gasteiger partial charge in [-0.1, -0.05) is 27.7 Å². The fraction of sp³-hybridized carbons (Fsp3) is 0.900. The van der Waals surface area contributed by atoms with E-state index in [-0.39, 0.29) is 18.0 Å². The van der Waals surface area contributed by atoms with Crippen LogP contribution in [0.5, 0.6) is 0 Å². The normalized spacial score (nSPS) is 15.5. The van der Waals surface area contributed by atoms with Gasteiger partial charge >= 0.3 is 0 Å². The van der Waals surface area contributed by atoms with Crippen LogP contribution in [0.4, 0.5) is 0 Å². The maximum Gasteiger partial charge on any atom is 0.237 e. The van der Waals surface area contributed by atoms with E-state index < -0.39 is 0 Å². The van der Waals surface area contributed by atoms with Crippen LogP contribution in [0.3, 0.4) is 0 Å². The minimum absolute atomic E-state index is 0.0250. The maximum absolute atomic E-state index is 11.4. The lowest BCUT2D eigenvalue weighted by Crippen LogP contribution is -2.46. The van der Waals surface area contributed by atoms with Crippen LogP contribution in [0, 0.1) is 5.92 Å². The number of hydrogen-bond donors (Lipinski definition) is 2. The third-order valence-electron chi connectivity index (χ3n) is 2.35. The van der Waals surface area contributed by atoms with Crippen molar-refractivity contribution in [3.8, 4) is 0 Å². The molecule has 0 aromatic heterocycles. The predicted molar refractivity (Wildman–Crippen MR) is 55.3 cm³/mol. The third-order valence-corrected chi connectivity index (χ3v) is 2.35. The van der Waals surface area contributed by atoms with Crippen LogP contribution >= 0.6 is 0 Å². The number of rotatable bonds is 5. The minimum Gasteiger partial charge on any atom is -0.352 e. The van der Waals surface area contributed by atoms with E-state index in [2.05, 4.69) is 26.1 Å². The summed E-state index contributed by atoms with van der Waals surface area (Å²) in [7, 11) is 0. The highest BCUT2D eigenvalue weighted by Gasteiger charge is 2.17. The Balaban J connectivity index is 4.01. The molecule has 0 saturated heterocycles. The summed E-state index contributed by atoms with van der Waals surface area (Å²) in [6, 6.07) is -0.0992. The first-order valence-electron chi connectivity index (χ1n) is 5.08. The average Bonchev–Trinajstić information content (AvgIpc) is 2.11. The van der Waals surface area contributed by atoms with E-state index in [0.29, 0.717) is 12.3 Å². The molecule has 0 aromatic carbocycles. The molecule has 3 N–H and O–H groups in total. The molecule has 0 spiro atoms. The van der Waals surface area contributed by atoms with Gasteiger partial charge in [-0.15, -0.1) is 0 Å². The largest absolute Gasteiger partial charge is 0.352 e. The van der Waals surface area contributed by atoms with Crippen LogP contribution in [0.25, 0.3) is 0 Å². The van der Waals surface area contributed by atoms with Crippen molar-refractivity contribution in [2.24, 2.45) is 11.7 Å². The lowest BCUT2D eigenvalue weighted by Gasteiger charge is -2.22. The molecule has 2 atom stereocenters. The number of nitrogens with one attached hydrogen (secondary N) is 1. The Morgan fingerprint density at radius 3 is 2.15 bits per heavy atom. The summed E-state index contributed by atoms with van der Waals surface area (Å²) in [6.45, 7) is 8.20. The zero-order valence-corrected chi connectivity index (χ0v) is 9.13. The number of carbonyl (C=O) groups excluding carboxylic acids is 1. The molecule has 1 unspecified atom stereocenters. The Bertz CT molecular complexity index is 157. The summed E-state index contributed by atoms with van der Waals surface area (Å²) in [6.07, 6.45) is 1.65. The molecule has 0 aliphatic rings. The van der Waals surface area contributed by atoms with Crippen LogP contribution in [0.1, 0.15) is 40.5 Å². The smallest absolute Gasteiger partial charge is 0.237 e. The molecule has 0 aliphatic carbocycles. The molecule has 0 rings (SSSR count). The molecule has 0 radical (unpaired) electrons. The van der Waals surface area contributed by atoms with E-state index in [0.717, 1.165) is 6.42 Å². The van der Waals surface area contributed by atoms with Crippen molar-refractivity contribution >= 4 is 5.91 Å². The molecule has 78 valence electrons. The van der Waals surface area contributed by atoms with Gasteiger partial charge in [-0.25, -0.2) is 0 Å². The van der Waals surface area contributed by atoms with E-state index in [1.165, 1.54) is 0 Å². The molecule has 0 aromatic rings. The molecule has 3 nitrogen and oxygen atoms in total. The molecule has 13 heavy (non-hydrogen) atoms. The van der Waals surface area contributed by atoms with Gasteiger partial charge in [-0.05, 0) is 18.8 Å². The van der Waals surface area contributed by atoms with Crippen molar-refractivity contribution in [1.82, 2.24) is 5.32 Å². The summed E-state index contributed by atoms with van der Waals surface area (Å²) in [5, 5.41) is 2.95. The molecule has 0 aliphatic heterocycles. The second-order valence-electron chi connectivity index (χ2n) is 3.78. The van der Waals surface area contributed by atoms with E-state index in [1.807, 2.05) is 6.92 Å². The molecule has 0 fully saturated rings. The van der Waals surface area contributed by atoms with E-state index in [4.69, 9.17) is 5.73 Å². The number of carbonyl (C=O) groups is 1. The first-order chi connectivity index (χ1) is 6.02. The van der Waals surface area contributed by atoms with Crippen LogP contribution in [-0.2, 0) is 4.79 Å².